The Morgan fingerprint density at radius 2 is 1.65 bits per heavy atom. The second-order valence-corrected chi connectivity index (χ2v) is 5.59. The highest BCUT2D eigenvalue weighted by molar-refractivity contribution is 5.84. The maximum atomic E-state index is 11.9. The number of hydrogen-bond acceptors (Lipinski definition) is 3. The van der Waals surface area contributed by atoms with Crippen LogP contribution in [0, 0.1) is 5.41 Å². The Balaban J connectivity index is 4.62. The average Bonchev–Trinajstić information content (AvgIpc) is 2.11. The van der Waals surface area contributed by atoms with E-state index in [1.807, 2.05) is 0 Å². The van der Waals surface area contributed by atoms with Crippen molar-refractivity contribution in [3.8, 4) is 0 Å². The van der Waals surface area contributed by atoms with Gasteiger partial charge in [-0.2, -0.15) is 0 Å². The maximum Gasteiger partial charge on any atom is 0.309 e. The molecule has 5 heteroatoms. The van der Waals surface area contributed by atoms with E-state index in [0.29, 0.717) is 6.54 Å². The lowest BCUT2D eigenvalue weighted by molar-refractivity contribution is -0.152. The van der Waals surface area contributed by atoms with Gasteiger partial charge < -0.3 is 15.1 Å². The van der Waals surface area contributed by atoms with E-state index in [9.17, 15) is 14.7 Å². The van der Waals surface area contributed by atoms with Gasteiger partial charge in [-0.15, -0.1) is 0 Å². The zero-order valence-corrected chi connectivity index (χ0v) is 11.3. The van der Waals surface area contributed by atoms with E-state index < -0.39 is 17.0 Å². The summed E-state index contributed by atoms with van der Waals surface area (Å²) in [6.45, 7) is 8.74. The quantitative estimate of drug-likeness (QED) is 0.734. The number of amides is 1. The number of carboxylic acid groups (broad SMARTS) is 1. The molecule has 0 aromatic rings. The fourth-order valence-corrected chi connectivity index (χ4v) is 1.41. The van der Waals surface area contributed by atoms with Crippen LogP contribution in [0.25, 0.3) is 0 Å². The molecule has 0 saturated carbocycles. The molecule has 0 aromatic heterocycles. The third-order valence-electron chi connectivity index (χ3n) is 2.48. The lowest BCUT2D eigenvalue weighted by Gasteiger charge is -2.30. The monoisotopic (exact) mass is 245 g/mol. The summed E-state index contributed by atoms with van der Waals surface area (Å²) < 4.78 is 0. The summed E-state index contributed by atoms with van der Waals surface area (Å²) >= 11 is 0. The number of likely N-dealkylation sites (N-methyl/N-ethyl adjacent to an activating group) is 1. The van der Waals surface area contributed by atoms with Crippen LogP contribution in [0.15, 0.2) is 0 Å². The minimum Gasteiger partial charge on any atom is -0.481 e. The van der Waals surface area contributed by atoms with Gasteiger partial charge in [-0.25, -0.2) is 0 Å². The minimum atomic E-state index is -1.08. The normalized spacial score (nSPS) is 12.4. The predicted molar refractivity (Wildman–Crippen MR) is 64.6 cm³/mol. The summed E-state index contributed by atoms with van der Waals surface area (Å²) in [6.07, 6.45) is -0.0632. The van der Waals surface area contributed by atoms with Crippen LogP contribution in [0.4, 0.5) is 0 Å². The van der Waals surface area contributed by atoms with E-state index in [1.165, 1.54) is 18.7 Å². The number of nitrogens with zero attached hydrogens (tertiary/aromatic N) is 1. The van der Waals surface area contributed by atoms with Crippen molar-refractivity contribution in [2.45, 2.75) is 46.6 Å². The van der Waals surface area contributed by atoms with E-state index in [-0.39, 0.29) is 18.9 Å². The molecule has 0 radical (unpaired) electrons. The molecule has 17 heavy (non-hydrogen) atoms. The zero-order chi connectivity index (χ0) is 13.9. The van der Waals surface area contributed by atoms with Gasteiger partial charge >= 0.3 is 5.97 Å². The van der Waals surface area contributed by atoms with Crippen LogP contribution in [-0.2, 0) is 9.59 Å². The van der Waals surface area contributed by atoms with E-state index in [2.05, 4.69) is 0 Å². The number of aliphatic hydroxyl groups is 1. The fourth-order valence-electron chi connectivity index (χ4n) is 1.41. The van der Waals surface area contributed by atoms with Crippen LogP contribution in [0.1, 0.15) is 41.0 Å². The number of carbonyl (C=O) groups excluding carboxylic acids is 1. The molecule has 2 N–H and O–H groups in total. The molecular formula is C12H23NO4. The van der Waals surface area contributed by atoms with Crippen molar-refractivity contribution in [1.82, 2.24) is 4.90 Å². The minimum absolute atomic E-state index is 0.0632. The number of aliphatic carboxylic acids is 1. The molecule has 0 fully saturated rings. The van der Waals surface area contributed by atoms with E-state index in [0.717, 1.165) is 0 Å². The highest BCUT2D eigenvalue weighted by Crippen LogP contribution is 2.22. The predicted octanol–water partition coefficient (Wildman–Crippen LogP) is 1.11. The van der Waals surface area contributed by atoms with Crippen molar-refractivity contribution < 1.29 is 19.8 Å². The van der Waals surface area contributed by atoms with Gasteiger partial charge in [0.1, 0.15) is 0 Å². The second-order valence-electron chi connectivity index (χ2n) is 5.59. The molecule has 0 rings (SSSR count). The molecule has 0 bridgehead atoms. The lowest BCUT2D eigenvalue weighted by atomic mass is 9.89. The average molecular weight is 245 g/mol. The summed E-state index contributed by atoms with van der Waals surface area (Å²) in [5.41, 5.74) is -2.05. The van der Waals surface area contributed by atoms with Gasteiger partial charge in [0.15, 0.2) is 0 Å². The van der Waals surface area contributed by atoms with Crippen molar-refractivity contribution in [1.29, 1.82) is 0 Å². The largest absolute Gasteiger partial charge is 0.481 e. The third kappa shape index (κ3) is 5.68. The van der Waals surface area contributed by atoms with Gasteiger partial charge in [-0.1, -0.05) is 0 Å². The highest BCUT2D eigenvalue weighted by atomic mass is 16.4. The first-order valence-corrected chi connectivity index (χ1v) is 5.73. The molecule has 0 aliphatic heterocycles. The Labute approximate surface area is 102 Å². The number of carbonyl (C=O) groups is 2. The Morgan fingerprint density at radius 3 is 1.94 bits per heavy atom. The summed E-state index contributed by atoms with van der Waals surface area (Å²) in [5.74, 6) is -1.24. The van der Waals surface area contributed by atoms with Gasteiger partial charge in [0, 0.05) is 19.5 Å². The number of rotatable bonds is 6. The second kappa shape index (κ2) is 5.49. The number of carboxylic acids is 1. The smallest absolute Gasteiger partial charge is 0.309 e. The van der Waals surface area contributed by atoms with Crippen LogP contribution in [0.5, 0.6) is 0 Å². The Morgan fingerprint density at radius 1 is 1.18 bits per heavy atom. The summed E-state index contributed by atoms with van der Waals surface area (Å²) in [7, 11) is 0. The molecular weight excluding hydrogens is 222 g/mol. The Bertz CT molecular complexity index is 291. The van der Waals surface area contributed by atoms with E-state index >= 15 is 0 Å². The van der Waals surface area contributed by atoms with Gasteiger partial charge in [0.05, 0.1) is 11.0 Å². The van der Waals surface area contributed by atoms with Crippen LogP contribution in [-0.4, -0.2) is 45.7 Å². The molecule has 0 aliphatic rings. The first-order chi connectivity index (χ1) is 7.49. The third-order valence-corrected chi connectivity index (χ3v) is 2.48. The van der Waals surface area contributed by atoms with Gasteiger partial charge in [0.25, 0.3) is 0 Å². The Kier molecular flexibility index (Phi) is 5.13. The standard InChI is InChI=1S/C12H23NO4/c1-6-13(8-12(4,5)17)9(14)7-11(2,3)10(15)16/h17H,6-8H2,1-5H3,(H,15,16). The molecule has 100 valence electrons. The molecule has 0 aliphatic carbocycles. The molecule has 0 heterocycles. The molecule has 0 unspecified atom stereocenters. The summed E-state index contributed by atoms with van der Waals surface area (Å²) in [6, 6.07) is 0. The van der Waals surface area contributed by atoms with Crippen molar-refractivity contribution in [2.24, 2.45) is 5.41 Å². The SMILES string of the molecule is CCN(CC(C)(C)O)C(=O)CC(C)(C)C(=O)O. The molecule has 5 nitrogen and oxygen atoms in total. The van der Waals surface area contributed by atoms with Crippen molar-refractivity contribution >= 4 is 11.9 Å². The van der Waals surface area contributed by atoms with Crippen molar-refractivity contribution in [3.63, 3.8) is 0 Å². The fraction of sp³-hybridized carbons (Fsp3) is 0.833. The summed E-state index contributed by atoms with van der Waals surface area (Å²) in [5, 5.41) is 18.6. The lowest BCUT2D eigenvalue weighted by Crippen LogP contribution is -2.44. The van der Waals surface area contributed by atoms with Gasteiger partial charge in [-0.05, 0) is 34.6 Å². The molecule has 0 aromatic carbocycles. The maximum absolute atomic E-state index is 11.9. The Hall–Kier alpha value is -1.10. The van der Waals surface area contributed by atoms with Crippen LogP contribution in [0.2, 0.25) is 0 Å². The van der Waals surface area contributed by atoms with Crippen molar-refractivity contribution in [3.05, 3.63) is 0 Å². The zero-order valence-electron chi connectivity index (χ0n) is 11.3. The molecule has 0 spiro atoms. The van der Waals surface area contributed by atoms with Gasteiger partial charge in [-0.3, -0.25) is 9.59 Å². The van der Waals surface area contributed by atoms with Crippen LogP contribution < -0.4 is 0 Å². The molecule has 0 atom stereocenters. The first-order valence-electron chi connectivity index (χ1n) is 5.73. The highest BCUT2D eigenvalue weighted by Gasteiger charge is 2.32. The number of hydrogen-bond donors (Lipinski definition) is 2. The summed E-state index contributed by atoms with van der Waals surface area (Å²) in [4.78, 5) is 24.3. The molecule has 1 amide bonds. The first kappa shape index (κ1) is 15.9. The van der Waals surface area contributed by atoms with E-state index in [4.69, 9.17) is 5.11 Å². The van der Waals surface area contributed by atoms with Crippen LogP contribution >= 0.6 is 0 Å². The van der Waals surface area contributed by atoms with Crippen molar-refractivity contribution in [2.75, 3.05) is 13.1 Å². The van der Waals surface area contributed by atoms with Gasteiger partial charge in [0.2, 0.25) is 5.91 Å². The topological polar surface area (TPSA) is 77.8 Å². The van der Waals surface area contributed by atoms with Crippen LogP contribution in [0.3, 0.4) is 0 Å². The molecule has 0 saturated heterocycles. The van der Waals surface area contributed by atoms with E-state index in [1.54, 1.807) is 20.8 Å².